The van der Waals surface area contributed by atoms with Crippen LogP contribution in [0.25, 0.3) is 0 Å². The van der Waals surface area contributed by atoms with Crippen LogP contribution in [0.4, 0.5) is 0 Å². The molecule has 2 atom stereocenters. The number of ether oxygens (including phenoxy) is 1. The Morgan fingerprint density at radius 2 is 2.00 bits per heavy atom. The molecule has 2 unspecified atom stereocenters. The van der Waals surface area contributed by atoms with Crippen molar-refractivity contribution in [2.45, 2.75) is 43.7 Å². The highest BCUT2D eigenvalue weighted by Gasteiger charge is 2.74. The monoisotopic (exact) mass is 280 g/mol. The third-order valence-corrected chi connectivity index (χ3v) is 3.40. The van der Waals surface area contributed by atoms with E-state index in [1.807, 2.05) is 0 Å². The molecule has 4 nitrogen and oxygen atoms in total. The fourth-order valence-electron chi connectivity index (χ4n) is 1.56. The number of carbonyl (C=O) groups is 1. The minimum absolute atomic E-state index is 0.402. The summed E-state index contributed by atoms with van der Waals surface area (Å²) in [5.74, 6) is -0.440. The standard InChI is InChI=1S/C10H17BrO4/c1-8(2)6(10(8,14)5-12)15-7(13)9(3,4)11/h6,12,14H,5H2,1-4H3. The lowest BCUT2D eigenvalue weighted by atomic mass is 10.1. The molecule has 0 amide bonds. The average Bonchev–Trinajstić information content (AvgIpc) is 2.49. The van der Waals surface area contributed by atoms with Crippen molar-refractivity contribution in [2.75, 3.05) is 6.61 Å². The van der Waals surface area contributed by atoms with E-state index in [0.717, 1.165) is 0 Å². The van der Waals surface area contributed by atoms with Crippen LogP contribution < -0.4 is 0 Å². The highest BCUT2D eigenvalue weighted by atomic mass is 79.9. The van der Waals surface area contributed by atoms with Gasteiger partial charge in [-0.15, -0.1) is 0 Å². The summed E-state index contributed by atoms with van der Waals surface area (Å²) in [6.07, 6.45) is -0.640. The average molecular weight is 281 g/mol. The first-order valence-electron chi connectivity index (χ1n) is 4.80. The summed E-state index contributed by atoms with van der Waals surface area (Å²) in [6, 6.07) is 0. The van der Waals surface area contributed by atoms with Crippen molar-refractivity contribution >= 4 is 21.9 Å². The van der Waals surface area contributed by atoms with Crippen LogP contribution in [-0.2, 0) is 9.53 Å². The van der Waals surface area contributed by atoms with E-state index in [1.165, 1.54) is 0 Å². The highest BCUT2D eigenvalue weighted by molar-refractivity contribution is 9.10. The largest absolute Gasteiger partial charge is 0.457 e. The Kier molecular flexibility index (Phi) is 2.96. The smallest absolute Gasteiger partial charge is 0.322 e. The molecule has 0 aromatic heterocycles. The molecule has 1 aliphatic rings. The summed E-state index contributed by atoms with van der Waals surface area (Å²) < 4.78 is 4.38. The van der Waals surface area contributed by atoms with Gasteiger partial charge in [-0.25, -0.2) is 0 Å². The second kappa shape index (κ2) is 3.43. The fourth-order valence-corrected chi connectivity index (χ4v) is 1.65. The van der Waals surface area contributed by atoms with Crippen LogP contribution in [0.3, 0.4) is 0 Å². The minimum Gasteiger partial charge on any atom is -0.457 e. The summed E-state index contributed by atoms with van der Waals surface area (Å²) in [5, 5.41) is 18.9. The van der Waals surface area contributed by atoms with Gasteiger partial charge in [-0.1, -0.05) is 29.8 Å². The molecular weight excluding hydrogens is 264 g/mol. The second-order valence-corrected chi connectivity index (χ2v) is 7.04. The lowest BCUT2D eigenvalue weighted by Gasteiger charge is -2.15. The maximum atomic E-state index is 11.5. The Labute approximate surface area is 97.7 Å². The van der Waals surface area contributed by atoms with Gasteiger partial charge in [-0.3, -0.25) is 4.79 Å². The second-order valence-electron chi connectivity index (χ2n) is 5.06. The molecule has 5 heteroatoms. The van der Waals surface area contributed by atoms with Crippen molar-refractivity contribution in [1.82, 2.24) is 0 Å². The molecule has 0 heterocycles. The number of hydrogen-bond donors (Lipinski definition) is 2. The summed E-state index contributed by atoms with van der Waals surface area (Å²) in [6.45, 7) is 6.44. The summed E-state index contributed by atoms with van der Waals surface area (Å²) in [5.41, 5.74) is -1.89. The van der Waals surface area contributed by atoms with E-state index in [-0.39, 0.29) is 0 Å². The number of aliphatic hydroxyl groups is 2. The van der Waals surface area contributed by atoms with Crippen molar-refractivity contribution < 1.29 is 19.7 Å². The van der Waals surface area contributed by atoms with Gasteiger partial charge in [-0.2, -0.15) is 0 Å². The number of halogens is 1. The molecule has 1 rings (SSSR count). The number of carbonyl (C=O) groups excluding carboxylic acids is 1. The Bertz CT molecular complexity index is 282. The van der Waals surface area contributed by atoms with Gasteiger partial charge in [0.15, 0.2) is 0 Å². The van der Waals surface area contributed by atoms with Crippen molar-refractivity contribution in [1.29, 1.82) is 0 Å². The van der Waals surface area contributed by atoms with E-state index in [9.17, 15) is 9.90 Å². The molecule has 0 spiro atoms. The molecule has 1 fully saturated rings. The first-order valence-corrected chi connectivity index (χ1v) is 5.60. The van der Waals surface area contributed by atoms with Crippen molar-refractivity contribution in [3.63, 3.8) is 0 Å². The third-order valence-electron chi connectivity index (χ3n) is 3.07. The maximum Gasteiger partial charge on any atom is 0.322 e. The first kappa shape index (κ1) is 12.9. The van der Waals surface area contributed by atoms with Crippen molar-refractivity contribution in [3.8, 4) is 0 Å². The first-order chi connectivity index (χ1) is 6.57. The van der Waals surface area contributed by atoms with Crippen LogP contribution in [0.2, 0.25) is 0 Å². The van der Waals surface area contributed by atoms with E-state index < -0.39 is 34.0 Å². The highest BCUT2D eigenvalue weighted by Crippen LogP contribution is 2.57. The Balaban J connectivity index is 2.68. The van der Waals surface area contributed by atoms with Gasteiger partial charge in [-0.05, 0) is 13.8 Å². The zero-order valence-electron chi connectivity index (χ0n) is 9.37. The maximum absolute atomic E-state index is 11.5. The number of aliphatic hydroxyl groups excluding tert-OH is 1. The van der Waals surface area contributed by atoms with E-state index in [4.69, 9.17) is 9.84 Å². The lowest BCUT2D eigenvalue weighted by molar-refractivity contribution is -0.150. The molecule has 0 aliphatic heterocycles. The Hall–Kier alpha value is -0.130. The van der Waals surface area contributed by atoms with Crippen molar-refractivity contribution in [2.24, 2.45) is 5.41 Å². The topological polar surface area (TPSA) is 66.8 Å². The molecule has 1 saturated carbocycles. The van der Waals surface area contributed by atoms with E-state index in [2.05, 4.69) is 15.9 Å². The molecule has 1 aliphatic carbocycles. The fraction of sp³-hybridized carbons (Fsp3) is 0.900. The zero-order chi connectivity index (χ0) is 12.1. The van der Waals surface area contributed by atoms with Gasteiger partial charge >= 0.3 is 5.97 Å². The number of alkyl halides is 1. The number of rotatable bonds is 3. The normalized spacial score (nSPS) is 33.7. The Morgan fingerprint density at radius 1 is 1.53 bits per heavy atom. The Morgan fingerprint density at radius 3 is 2.27 bits per heavy atom. The van der Waals surface area contributed by atoms with Gasteiger partial charge < -0.3 is 14.9 Å². The molecule has 0 radical (unpaired) electrons. The summed E-state index contributed by atoms with van der Waals surface area (Å²) in [7, 11) is 0. The molecule has 0 bridgehead atoms. The zero-order valence-corrected chi connectivity index (χ0v) is 11.0. The molecule has 0 aromatic carbocycles. The SMILES string of the molecule is CC(C)(Br)C(=O)OC1C(C)(C)C1(O)CO. The van der Waals surface area contributed by atoms with Crippen LogP contribution in [0, 0.1) is 5.41 Å². The van der Waals surface area contributed by atoms with Gasteiger partial charge in [0.2, 0.25) is 0 Å². The molecule has 88 valence electrons. The van der Waals surface area contributed by atoms with Gasteiger partial charge in [0.05, 0.1) is 6.61 Å². The molecular formula is C10H17BrO4. The summed E-state index contributed by atoms with van der Waals surface area (Å²) in [4.78, 5) is 11.5. The molecule has 15 heavy (non-hydrogen) atoms. The minimum atomic E-state index is -1.30. The lowest BCUT2D eigenvalue weighted by Crippen LogP contribution is -2.30. The van der Waals surface area contributed by atoms with E-state index in [1.54, 1.807) is 27.7 Å². The van der Waals surface area contributed by atoms with Crippen LogP contribution in [-0.4, -0.2) is 38.8 Å². The molecule has 2 N–H and O–H groups in total. The quantitative estimate of drug-likeness (QED) is 0.594. The van der Waals surface area contributed by atoms with Crippen molar-refractivity contribution in [3.05, 3.63) is 0 Å². The van der Waals surface area contributed by atoms with Crippen LogP contribution in [0.5, 0.6) is 0 Å². The predicted octanol–water partition coefficient (Wildman–Crippen LogP) is 0.835. The van der Waals surface area contributed by atoms with Crippen LogP contribution >= 0.6 is 15.9 Å². The third kappa shape index (κ3) is 1.92. The number of esters is 1. The van der Waals surface area contributed by atoms with Gasteiger partial charge in [0.1, 0.15) is 16.0 Å². The van der Waals surface area contributed by atoms with Gasteiger partial charge in [0.25, 0.3) is 0 Å². The predicted molar refractivity (Wildman–Crippen MR) is 58.7 cm³/mol. The van der Waals surface area contributed by atoms with E-state index >= 15 is 0 Å². The van der Waals surface area contributed by atoms with Crippen LogP contribution in [0.1, 0.15) is 27.7 Å². The molecule has 0 aromatic rings. The van der Waals surface area contributed by atoms with Gasteiger partial charge in [0, 0.05) is 5.41 Å². The van der Waals surface area contributed by atoms with E-state index in [0.29, 0.717) is 0 Å². The summed E-state index contributed by atoms with van der Waals surface area (Å²) >= 11 is 3.18. The number of hydrogen-bond acceptors (Lipinski definition) is 4. The van der Waals surface area contributed by atoms with Crippen LogP contribution in [0.15, 0.2) is 0 Å². The molecule has 0 saturated heterocycles.